The molecule has 0 aliphatic carbocycles. The van der Waals surface area contributed by atoms with Crippen LogP contribution in [0.2, 0.25) is 0 Å². The normalized spacial score (nSPS) is 14.3. The number of hydrogen-bond acceptors (Lipinski definition) is 5. The molecule has 1 fully saturated rings. The number of hydrogen-bond donors (Lipinski definition) is 3. The molecule has 3 rings (SSSR count). The van der Waals surface area contributed by atoms with E-state index in [0.29, 0.717) is 11.3 Å². The highest BCUT2D eigenvalue weighted by Gasteiger charge is 2.12. The van der Waals surface area contributed by atoms with E-state index in [1.54, 1.807) is 19.1 Å². The Balaban J connectivity index is 1.64. The number of aromatic hydroxyl groups is 1. The van der Waals surface area contributed by atoms with Crippen LogP contribution in [0.4, 0.5) is 17.1 Å². The van der Waals surface area contributed by atoms with Crippen LogP contribution in [0.3, 0.4) is 0 Å². The summed E-state index contributed by atoms with van der Waals surface area (Å²) in [6.07, 6.45) is 5.15. The molecule has 6 heteroatoms. The van der Waals surface area contributed by atoms with Gasteiger partial charge in [0.2, 0.25) is 0 Å². The molecule has 1 aliphatic rings. The maximum atomic E-state index is 12.4. The average molecular weight is 376 g/mol. The van der Waals surface area contributed by atoms with Crippen molar-refractivity contribution in [3.8, 4) is 11.8 Å². The molecular weight excluding hydrogens is 352 g/mol. The van der Waals surface area contributed by atoms with Crippen molar-refractivity contribution in [3.05, 3.63) is 59.8 Å². The molecule has 0 atom stereocenters. The summed E-state index contributed by atoms with van der Waals surface area (Å²) in [5.74, 6) is -0.380. The summed E-state index contributed by atoms with van der Waals surface area (Å²) in [7, 11) is 0. The highest BCUT2D eigenvalue weighted by atomic mass is 16.3. The van der Waals surface area contributed by atoms with Gasteiger partial charge < -0.3 is 20.6 Å². The first-order chi connectivity index (χ1) is 13.6. The minimum atomic E-state index is -0.506. The summed E-state index contributed by atoms with van der Waals surface area (Å²) < 4.78 is 0. The maximum Gasteiger partial charge on any atom is 0.267 e. The number of aryl methyl sites for hydroxylation is 1. The van der Waals surface area contributed by atoms with E-state index in [1.165, 1.54) is 37.2 Å². The number of phenols is 1. The molecule has 2 aromatic rings. The van der Waals surface area contributed by atoms with Crippen molar-refractivity contribution in [2.75, 3.05) is 28.6 Å². The zero-order chi connectivity index (χ0) is 19.9. The van der Waals surface area contributed by atoms with Crippen LogP contribution in [0.15, 0.2) is 54.2 Å². The van der Waals surface area contributed by atoms with E-state index in [9.17, 15) is 15.2 Å². The van der Waals surface area contributed by atoms with Crippen molar-refractivity contribution in [2.45, 2.75) is 26.2 Å². The van der Waals surface area contributed by atoms with Gasteiger partial charge in [-0.1, -0.05) is 0 Å². The van der Waals surface area contributed by atoms with Crippen molar-refractivity contribution in [1.29, 1.82) is 5.26 Å². The highest BCUT2D eigenvalue weighted by molar-refractivity contribution is 6.07. The monoisotopic (exact) mass is 376 g/mol. The molecule has 1 heterocycles. The Morgan fingerprint density at radius 3 is 2.50 bits per heavy atom. The summed E-state index contributed by atoms with van der Waals surface area (Å²) in [5, 5.41) is 24.5. The summed E-state index contributed by atoms with van der Waals surface area (Å²) in [6, 6.07) is 14.5. The van der Waals surface area contributed by atoms with Gasteiger partial charge in [0.1, 0.15) is 17.4 Å². The van der Waals surface area contributed by atoms with Gasteiger partial charge in [-0.3, -0.25) is 4.79 Å². The van der Waals surface area contributed by atoms with Crippen LogP contribution >= 0.6 is 0 Å². The van der Waals surface area contributed by atoms with Crippen molar-refractivity contribution >= 4 is 23.0 Å². The van der Waals surface area contributed by atoms with Crippen LogP contribution < -0.4 is 15.5 Å². The molecule has 144 valence electrons. The van der Waals surface area contributed by atoms with Gasteiger partial charge in [0, 0.05) is 36.4 Å². The molecule has 28 heavy (non-hydrogen) atoms. The fraction of sp³-hybridized carbons (Fsp3) is 0.273. The number of rotatable bonds is 5. The molecule has 6 nitrogen and oxygen atoms in total. The lowest BCUT2D eigenvalue weighted by Crippen LogP contribution is -2.29. The van der Waals surface area contributed by atoms with Gasteiger partial charge >= 0.3 is 0 Å². The molecule has 0 aromatic heterocycles. The van der Waals surface area contributed by atoms with Crippen molar-refractivity contribution in [3.63, 3.8) is 0 Å². The van der Waals surface area contributed by atoms with Crippen LogP contribution in [-0.2, 0) is 4.79 Å². The number of carbonyl (C=O) groups is 1. The third kappa shape index (κ3) is 4.83. The molecule has 0 bridgehead atoms. The van der Waals surface area contributed by atoms with Crippen LogP contribution in [0.25, 0.3) is 0 Å². The molecule has 0 radical (unpaired) electrons. The van der Waals surface area contributed by atoms with Gasteiger partial charge in [-0.2, -0.15) is 5.26 Å². The van der Waals surface area contributed by atoms with Crippen molar-refractivity contribution in [1.82, 2.24) is 0 Å². The zero-order valence-electron chi connectivity index (χ0n) is 15.9. The number of anilines is 3. The third-order valence-electron chi connectivity index (χ3n) is 4.79. The number of nitrogens with zero attached hydrogens (tertiary/aromatic N) is 2. The van der Waals surface area contributed by atoms with Gasteiger partial charge in [-0.25, -0.2) is 0 Å². The summed E-state index contributed by atoms with van der Waals surface area (Å²) >= 11 is 0. The number of benzene rings is 2. The zero-order valence-corrected chi connectivity index (χ0v) is 15.9. The van der Waals surface area contributed by atoms with Crippen LogP contribution in [0.1, 0.15) is 24.8 Å². The van der Waals surface area contributed by atoms with E-state index in [2.05, 4.69) is 15.5 Å². The predicted molar refractivity (Wildman–Crippen MR) is 111 cm³/mol. The molecule has 0 spiro atoms. The molecule has 1 aliphatic heterocycles. The summed E-state index contributed by atoms with van der Waals surface area (Å²) in [4.78, 5) is 14.7. The van der Waals surface area contributed by atoms with Gasteiger partial charge in [-0.15, -0.1) is 0 Å². The Labute approximate surface area is 165 Å². The van der Waals surface area contributed by atoms with E-state index in [4.69, 9.17) is 0 Å². The Morgan fingerprint density at radius 2 is 1.86 bits per heavy atom. The van der Waals surface area contributed by atoms with E-state index in [-0.39, 0.29) is 11.3 Å². The number of nitriles is 1. The number of phenolic OH excluding ortho intramolecular Hbond substituents is 1. The van der Waals surface area contributed by atoms with Gasteiger partial charge in [0.15, 0.2) is 0 Å². The van der Waals surface area contributed by atoms with Gasteiger partial charge in [0.25, 0.3) is 5.91 Å². The Hall–Kier alpha value is -3.46. The topological polar surface area (TPSA) is 88.4 Å². The second-order valence-electron chi connectivity index (χ2n) is 6.86. The quantitative estimate of drug-likeness (QED) is 0.414. The highest BCUT2D eigenvalue weighted by Crippen LogP contribution is 2.22. The first-order valence-electron chi connectivity index (χ1n) is 9.39. The lowest BCUT2D eigenvalue weighted by atomic mass is 10.1. The first kappa shape index (κ1) is 19.3. The molecular formula is C22H24N4O2. The maximum absolute atomic E-state index is 12.4. The molecule has 1 amide bonds. The van der Waals surface area contributed by atoms with Crippen LogP contribution in [-0.4, -0.2) is 24.1 Å². The number of nitrogens with one attached hydrogen (secondary N) is 2. The third-order valence-corrected chi connectivity index (χ3v) is 4.79. The number of amides is 1. The first-order valence-corrected chi connectivity index (χ1v) is 9.39. The lowest BCUT2D eigenvalue weighted by Gasteiger charge is -2.28. The Bertz CT molecular complexity index is 907. The Morgan fingerprint density at radius 1 is 1.14 bits per heavy atom. The second-order valence-corrected chi connectivity index (χ2v) is 6.86. The standard InChI is InChI=1S/C22H24N4O2/c1-16-13-20(27)9-10-21(16)25-22(28)17(14-23)15-24-18-5-7-19(8-6-18)26-11-3-2-4-12-26/h5-10,13,15,24,27H,2-4,11-12H2,1H3,(H,25,28)/b17-15-. The van der Waals surface area contributed by atoms with E-state index >= 15 is 0 Å². The van der Waals surface area contributed by atoms with E-state index < -0.39 is 5.91 Å². The largest absolute Gasteiger partial charge is 0.508 e. The fourth-order valence-corrected chi connectivity index (χ4v) is 3.20. The fourth-order valence-electron chi connectivity index (χ4n) is 3.20. The van der Waals surface area contributed by atoms with E-state index in [1.807, 2.05) is 30.3 Å². The number of carbonyl (C=O) groups excluding carboxylic acids is 1. The molecule has 0 unspecified atom stereocenters. The van der Waals surface area contributed by atoms with Gasteiger partial charge in [-0.05, 0) is 74.2 Å². The minimum absolute atomic E-state index is 0.0346. The molecule has 0 saturated carbocycles. The summed E-state index contributed by atoms with van der Waals surface area (Å²) in [5.41, 5.74) is 3.23. The molecule has 3 N–H and O–H groups in total. The predicted octanol–water partition coefficient (Wildman–Crippen LogP) is 4.15. The van der Waals surface area contributed by atoms with Crippen LogP contribution in [0, 0.1) is 18.3 Å². The Kier molecular flexibility index (Phi) is 6.18. The van der Waals surface area contributed by atoms with Crippen LogP contribution in [0.5, 0.6) is 5.75 Å². The molecule has 2 aromatic carbocycles. The van der Waals surface area contributed by atoms with E-state index in [0.717, 1.165) is 18.8 Å². The number of piperidine rings is 1. The minimum Gasteiger partial charge on any atom is -0.508 e. The summed E-state index contributed by atoms with van der Waals surface area (Å²) in [6.45, 7) is 3.94. The second kappa shape index (κ2) is 8.96. The lowest BCUT2D eigenvalue weighted by molar-refractivity contribution is -0.112. The average Bonchev–Trinajstić information content (AvgIpc) is 2.72. The van der Waals surface area contributed by atoms with Crippen molar-refractivity contribution in [2.24, 2.45) is 0 Å². The van der Waals surface area contributed by atoms with Gasteiger partial charge in [0.05, 0.1) is 0 Å². The molecule has 1 saturated heterocycles. The SMILES string of the molecule is Cc1cc(O)ccc1NC(=O)/C(C#N)=C\Nc1ccc(N2CCCCC2)cc1. The van der Waals surface area contributed by atoms with Crippen molar-refractivity contribution < 1.29 is 9.90 Å². The smallest absolute Gasteiger partial charge is 0.267 e.